The van der Waals surface area contributed by atoms with Crippen LogP contribution in [0.3, 0.4) is 0 Å². The van der Waals surface area contributed by atoms with E-state index >= 15 is 0 Å². The highest BCUT2D eigenvalue weighted by molar-refractivity contribution is 7.26. The molecular formula is C64H41NS2. The van der Waals surface area contributed by atoms with Crippen LogP contribution in [-0.4, -0.2) is 0 Å². The number of nitrogens with zero attached hydrogens (tertiary/aromatic N) is 1. The number of rotatable bonds is 8. The molecule has 0 aliphatic heterocycles. The molecule has 0 N–H and O–H groups in total. The Balaban J connectivity index is 0.835. The molecule has 13 aromatic rings. The largest absolute Gasteiger partial charge is 0.311 e. The average Bonchev–Trinajstić information content (AvgIpc) is 3.98. The lowest BCUT2D eigenvalue weighted by atomic mass is 9.96. The van der Waals surface area contributed by atoms with E-state index in [-0.39, 0.29) is 0 Å². The molecule has 1 nitrogen and oxygen atoms in total. The summed E-state index contributed by atoms with van der Waals surface area (Å²) < 4.78 is 5.30. The van der Waals surface area contributed by atoms with Gasteiger partial charge in [-0.05, 0) is 127 Å². The summed E-state index contributed by atoms with van der Waals surface area (Å²) in [5.74, 6) is 0. The number of benzene rings is 11. The summed E-state index contributed by atoms with van der Waals surface area (Å²) in [7, 11) is 0. The van der Waals surface area contributed by atoms with Gasteiger partial charge >= 0.3 is 0 Å². The van der Waals surface area contributed by atoms with Gasteiger partial charge in [0.15, 0.2) is 0 Å². The third kappa shape index (κ3) is 7.08. The molecule has 0 aliphatic carbocycles. The Kier molecular flexibility index (Phi) is 9.63. The SMILES string of the molecule is c1cc(-c2ccc(-c3ccc(N(c4ccc(-c5cccc6c5sc5ccccc56)cc4)c4ccc(-c5cccc6c5sc5ccccc56)cc4)cc3)cc2)cc(-c2ccc3ccccc3c2)c1. The second kappa shape index (κ2) is 16.4. The Morgan fingerprint density at radius 1 is 0.239 bits per heavy atom. The van der Waals surface area contributed by atoms with E-state index < -0.39 is 0 Å². The first-order valence-corrected chi connectivity index (χ1v) is 24.4. The van der Waals surface area contributed by atoms with Crippen molar-refractivity contribution < 1.29 is 0 Å². The molecule has 67 heavy (non-hydrogen) atoms. The van der Waals surface area contributed by atoms with E-state index in [4.69, 9.17) is 0 Å². The molecule has 3 heteroatoms. The van der Waals surface area contributed by atoms with Gasteiger partial charge in [-0.1, -0.05) is 188 Å². The minimum atomic E-state index is 1.10. The predicted octanol–water partition coefficient (Wildman–Crippen LogP) is 19.4. The quantitative estimate of drug-likeness (QED) is 0.147. The summed E-state index contributed by atoms with van der Waals surface area (Å²) in [5, 5.41) is 7.79. The first-order chi connectivity index (χ1) is 33.2. The Labute approximate surface area is 397 Å². The van der Waals surface area contributed by atoms with E-state index in [0.29, 0.717) is 0 Å². The monoisotopic (exact) mass is 887 g/mol. The summed E-state index contributed by atoms with van der Waals surface area (Å²) in [6, 6.07) is 91.3. The fourth-order valence-corrected chi connectivity index (χ4v) is 12.4. The zero-order chi connectivity index (χ0) is 44.3. The highest BCUT2D eigenvalue weighted by Crippen LogP contribution is 2.44. The van der Waals surface area contributed by atoms with Crippen molar-refractivity contribution in [3.63, 3.8) is 0 Å². The molecule has 0 aliphatic rings. The lowest BCUT2D eigenvalue weighted by Gasteiger charge is -2.26. The average molecular weight is 888 g/mol. The van der Waals surface area contributed by atoms with Crippen molar-refractivity contribution in [3.8, 4) is 55.6 Å². The first-order valence-electron chi connectivity index (χ1n) is 22.8. The van der Waals surface area contributed by atoms with Crippen LogP contribution < -0.4 is 4.90 Å². The van der Waals surface area contributed by atoms with Crippen LogP contribution in [0.25, 0.3) is 107 Å². The molecule has 0 saturated heterocycles. The maximum atomic E-state index is 2.38. The summed E-state index contributed by atoms with van der Waals surface area (Å²) >= 11 is 3.75. The lowest BCUT2D eigenvalue weighted by molar-refractivity contribution is 1.28. The van der Waals surface area contributed by atoms with E-state index in [9.17, 15) is 0 Å². The molecule has 0 fully saturated rings. The Morgan fingerprint density at radius 2 is 0.612 bits per heavy atom. The van der Waals surface area contributed by atoms with E-state index in [1.54, 1.807) is 0 Å². The number of anilines is 3. The van der Waals surface area contributed by atoms with Crippen molar-refractivity contribution in [2.45, 2.75) is 0 Å². The van der Waals surface area contributed by atoms with Gasteiger partial charge in [0.25, 0.3) is 0 Å². The molecule has 2 heterocycles. The van der Waals surface area contributed by atoms with Gasteiger partial charge in [0.2, 0.25) is 0 Å². The van der Waals surface area contributed by atoms with Gasteiger partial charge in [0.05, 0.1) is 0 Å². The molecule has 0 spiro atoms. The second-order valence-electron chi connectivity index (χ2n) is 17.3. The van der Waals surface area contributed by atoms with E-state index in [2.05, 4.69) is 254 Å². The normalized spacial score (nSPS) is 11.6. The Morgan fingerprint density at radius 3 is 1.15 bits per heavy atom. The standard InChI is InChI=1S/C64H41NS2/c1-2-11-48-41-51(27-26-42(48)10-1)50-13-7-12-49(40-50)45-24-22-43(23-25-45)44-28-34-52(35-29-44)65(53-36-30-46(31-37-53)55-16-8-18-59-57-14-3-5-20-61(57)66-63(55)59)54-38-32-47(33-39-54)56-17-9-19-60-58-15-4-6-21-62(58)67-64(56)60/h1-41H. The van der Waals surface area contributed by atoms with Gasteiger partial charge in [-0.15, -0.1) is 22.7 Å². The molecule has 0 amide bonds. The van der Waals surface area contributed by atoms with Gasteiger partial charge in [0, 0.05) is 57.4 Å². The smallest absolute Gasteiger partial charge is 0.0462 e. The molecule has 314 valence electrons. The number of fused-ring (bicyclic) bond motifs is 7. The Bertz CT molecular complexity index is 3790. The maximum absolute atomic E-state index is 2.38. The van der Waals surface area contributed by atoms with Crippen LogP contribution in [0.5, 0.6) is 0 Å². The minimum absolute atomic E-state index is 1.10. The van der Waals surface area contributed by atoms with Gasteiger partial charge in [-0.2, -0.15) is 0 Å². The van der Waals surface area contributed by atoms with Gasteiger partial charge in [-0.3, -0.25) is 0 Å². The fourth-order valence-electron chi connectivity index (χ4n) is 9.88. The summed E-state index contributed by atoms with van der Waals surface area (Å²) in [4.78, 5) is 2.38. The highest BCUT2D eigenvalue weighted by atomic mass is 32.1. The van der Waals surface area contributed by atoms with E-state index in [0.717, 1.165) is 17.1 Å². The molecule has 0 atom stereocenters. The highest BCUT2D eigenvalue weighted by Gasteiger charge is 2.17. The van der Waals surface area contributed by atoms with Crippen molar-refractivity contribution in [2.75, 3.05) is 4.90 Å². The molecule has 0 bridgehead atoms. The summed E-state index contributed by atoms with van der Waals surface area (Å²) in [5.41, 5.74) is 15.5. The molecule has 0 unspecified atom stereocenters. The first kappa shape index (κ1) is 39.3. The van der Waals surface area contributed by atoms with Crippen LogP contribution in [-0.2, 0) is 0 Å². The fraction of sp³-hybridized carbons (Fsp3) is 0. The van der Waals surface area contributed by atoms with Crippen molar-refractivity contribution in [3.05, 3.63) is 249 Å². The molecular weight excluding hydrogens is 847 g/mol. The van der Waals surface area contributed by atoms with Gasteiger partial charge < -0.3 is 4.90 Å². The van der Waals surface area contributed by atoms with Crippen molar-refractivity contribution in [1.29, 1.82) is 0 Å². The van der Waals surface area contributed by atoms with Crippen LogP contribution in [0.15, 0.2) is 249 Å². The van der Waals surface area contributed by atoms with Crippen LogP contribution in [0.2, 0.25) is 0 Å². The summed E-state index contributed by atoms with van der Waals surface area (Å²) in [6.45, 7) is 0. The van der Waals surface area contributed by atoms with Crippen LogP contribution >= 0.6 is 22.7 Å². The second-order valence-corrected chi connectivity index (χ2v) is 19.4. The Hall–Kier alpha value is -8.08. The maximum Gasteiger partial charge on any atom is 0.0462 e. The molecule has 13 rings (SSSR count). The topological polar surface area (TPSA) is 3.24 Å². The number of hydrogen-bond acceptors (Lipinski definition) is 3. The van der Waals surface area contributed by atoms with Crippen molar-refractivity contribution in [2.24, 2.45) is 0 Å². The molecule has 0 saturated carbocycles. The van der Waals surface area contributed by atoms with Gasteiger partial charge in [0.1, 0.15) is 0 Å². The summed E-state index contributed by atoms with van der Waals surface area (Å²) in [6.07, 6.45) is 0. The third-order valence-electron chi connectivity index (χ3n) is 13.3. The zero-order valence-electron chi connectivity index (χ0n) is 36.4. The van der Waals surface area contributed by atoms with Crippen LogP contribution in [0.4, 0.5) is 17.1 Å². The molecule has 2 aromatic heterocycles. The van der Waals surface area contributed by atoms with E-state index in [1.165, 1.54) is 107 Å². The molecule has 11 aromatic carbocycles. The zero-order valence-corrected chi connectivity index (χ0v) is 38.1. The van der Waals surface area contributed by atoms with Gasteiger partial charge in [-0.25, -0.2) is 0 Å². The lowest BCUT2D eigenvalue weighted by Crippen LogP contribution is -2.09. The third-order valence-corrected chi connectivity index (χ3v) is 15.7. The van der Waals surface area contributed by atoms with Crippen LogP contribution in [0.1, 0.15) is 0 Å². The van der Waals surface area contributed by atoms with Crippen LogP contribution in [0, 0.1) is 0 Å². The van der Waals surface area contributed by atoms with E-state index in [1.807, 2.05) is 22.7 Å². The van der Waals surface area contributed by atoms with Crippen molar-refractivity contribution >= 4 is 90.9 Å². The van der Waals surface area contributed by atoms with Crippen molar-refractivity contribution in [1.82, 2.24) is 0 Å². The number of hydrogen-bond donors (Lipinski definition) is 0. The number of thiophene rings is 2. The molecule has 0 radical (unpaired) electrons. The predicted molar refractivity (Wildman–Crippen MR) is 292 cm³/mol. The minimum Gasteiger partial charge on any atom is -0.311 e.